The van der Waals surface area contributed by atoms with E-state index in [1.165, 1.54) is 6.20 Å². The SMILES string of the molecule is COP(=O)(O)OCC1OC([n+]2cccc(C(N)=O)c2)C[C@@H]1O. The van der Waals surface area contributed by atoms with E-state index in [0.29, 0.717) is 5.56 Å². The van der Waals surface area contributed by atoms with E-state index in [0.717, 1.165) is 7.11 Å². The number of nitrogens with two attached hydrogens (primary N) is 1. The fraction of sp³-hybridized carbons (Fsp3) is 0.500. The molecule has 3 unspecified atom stereocenters. The van der Waals surface area contributed by atoms with E-state index >= 15 is 0 Å². The predicted molar refractivity (Wildman–Crippen MR) is 72.5 cm³/mol. The second-order valence-electron chi connectivity index (χ2n) is 4.78. The van der Waals surface area contributed by atoms with Crippen molar-refractivity contribution in [3.05, 3.63) is 30.1 Å². The van der Waals surface area contributed by atoms with Crippen LogP contribution in [0.3, 0.4) is 0 Å². The Labute approximate surface area is 126 Å². The van der Waals surface area contributed by atoms with Gasteiger partial charge in [-0.2, -0.15) is 4.57 Å². The number of carbonyl (C=O) groups is 1. The molecule has 22 heavy (non-hydrogen) atoms. The Morgan fingerprint density at radius 2 is 2.36 bits per heavy atom. The highest BCUT2D eigenvalue weighted by Gasteiger charge is 2.40. The number of amides is 1. The molecular weight excluding hydrogens is 315 g/mol. The second kappa shape index (κ2) is 6.82. The van der Waals surface area contributed by atoms with Crippen molar-refractivity contribution >= 4 is 13.7 Å². The lowest BCUT2D eigenvalue weighted by atomic mass is 10.2. The molecule has 0 saturated carbocycles. The van der Waals surface area contributed by atoms with E-state index in [1.54, 1.807) is 22.9 Å². The molecule has 1 aromatic rings. The summed E-state index contributed by atoms with van der Waals surface area (Å²) in [6, 6.07) is 3.19. The summed E-state index contributed by atoms with van der Waals surface area (Å²) >= 11 is 0. The molecule has 0 spiro atoms. The van der Waals surface area contributed by atoms with Crippen LogP contribution in [0.25, 0.3) is 0 Å². The molecule has 10 heteroatoms. The van der Waals surface area contributed by atoms with Gasteiger partial charge in [0.05, 0.1) is 19.1 Å². The number of phosphoric ester groups is 1. The minimum Gasteiger partial charge on any atom is -0.390 e. The van der Waals surface area contributed by atoms with Crippen molar-refractivity contribution in [2.75, 3.05) is 13.7 Å². The van der Waals surface area contributed by atoms with E-state index in [9.17, 15) is 14.5 Å². The summed E-state index contributed by atoms with van der Waals surface area (Å²) < 4.78 is 27.4. The van der Waals surface area contributed by atoms with Crippen molar-refractivity contribution in [3.8, 4) is 0 Å². The van der Waals surface area contributed by atoms with Crippen LogP contribution in [0.5, 0.6) is 0 Å². The summed E-state index contributed by atoms with van der Waals surface area (Å²) in [7, 11) is -3.08. The van der Waals surface area contributed by atoms with Gasteiger partial charge in [0.25, 0.3) is 12.1 Å². The van der Waals surface area contributed by atoms with Crippen LogP contribution in [0.4, 0.5) is 0 Å². The average Bonchev–Trinajstić information content (AvgIpc) is 2.87. The molecule has 0 aromatic carbocycles. The highest BCUT2D eigenvalue weighted by molar-refractivity contribution is 7.47. The van der Waals surface area contributed by atoms with Crippen molar-refractivity contribution in [2.45, 2.75) is 24.9 Å². The summed E-state index contributed by atoms with van der Waals surface area (Å²) in [6.07, 6.45) is 1.21. The largest absolute Gasteiger partial charge is 0.472 e. The van der Waals surface area contributed by atoms with Crippen molar-refractivity contribution in [2.24, 2.45) is 5.73 Å². The Kier molecular flexibility index (Phi) is 5.28. The maximum atomic E-state index is 11.2. The highest BCUT2D eigenvalue weighted by Crippen LogP contribution is 2.42. The first-order valence-electron chi connectivity index (χ1n) is 6.49. The molecular formula is C12H18N2O7P+. The van der Waals surface area contributed by atoms with E-state index in [1.807, 2.05) is 0 Å². The highest BCUT2D eigenvalue weighted by atomic mass is 31.2. The first-order valence-corrected chi connectivity index (χ1v) is 7.99. The van der Waals surface area contributed by atoms with Crippen molar-refractivity contribution in [1.29, 1.82) is 0 Å². The number of primary amides is 1. The van der Waals surface area contributed by atoms with Crippen LogP contribution >= 0.6 is 7.82 Å². The zero-order valence-electron chi connectivity index (χ0n) is 11.9. The number of ether oxygens (including phenoxy) is 1. The monoisotopic (exact) mass is 333 g/mol. The summed E-state index contributed by atoms with van der Waals surface area (Å²) in [5, 5.41) is 9.95. The molecule has 1 aliphatic heterocycles. The molecule has 0 aliphatic carbocycles. The molecule has 9 nitrogen and oxygen atoms in total. The number of phosphoric acid groups is 1. The molecule has 122 valence electrons. The number of aliphatic hydroxyl groups excluding tert-OH is 1. The molecule has 1 amide bonds. The number of aliphatic hydroxyl groups is 1. The van der Waals surface area contributed by atoms with E-state index in [-0.39, 0.29) is 13.0 Å². The first kappa shape index (κ1) is 17.0. The Balaban J connectivity index is 2.03. The molecule has 1 aliphatic rings. The van der Waals surface area contributed by atoms with Crippen molar-refractivity contribution < 1.29 is 37.7 Å². The quantitative estimate of drug-likeness (QED) is 0.471. The minimum absolute atomic E-state index is 0.240. The van der Waals surface area contributed by atoms with Gasteiger partial charge in [0, 0.05) is 13.2 Å². The van der Waals surface area contributed by atoms with Crippen LogP contribution in [0.2, 0.25) is 0 Å². The Hall–Kier alpha value is -1.35. The summed E-state index contributed by atoms with van der Waals surface area (Å²) in [4.78, 5) is 20.3. The molecule has 1 aromatic heterocycles. The molecule has 0 bridgehead atoms. The molecule has 4 N–H and O–H groups in total. The third-order valence-electron chi connectivity index (χ3n) is 3.28. The number of carbonyl (C=O) groups excluding carboxylic acids is 1. The van der Waals surface area contributed by atoms with Gasteiger partial charge < -0.3 is 20.5 Å². The van der Waals surface area contributed by atoms with Gasteiger partial charge in [0.1, 0.15) is 11.7 Å². The third-order valence-corrected chi connectivity index (χ3v) is 4.21. The predicted octanol–water partition coefficient (Wildman–Crippen LogP) is -0.515. The Bertz CT molecular complexity index is 597. The molecule has 2 rings (SSSR count). The van der Waals surface area contributed by atoms with Gasteiger partial charge in [-0.1, -0.05) is 0 Å². The molecule has 1 saturated heterocycles. The van der Waals surface area contributed by atoms with Gasteiger partial charge in [-0.3, -0.25) is 13.8 Å². The number of aromatic nitrogens is 1. The first-order chi connectivity index (χ1) is 10.3. The molecule has 1 fully saturated rings. The zero-order valence-corrected chi connectivity index (χ0v) is 12.8. The summed E-state index contributed by atoms with van der Waals surface area (Å²) in [5.41, 5.74) is 5.52. The van der Waals surface area contributed by atoms with Crippen LogP contribution in [-0.2, 0) is 18.3 Å². The normalized spacial score (nSPS) is 27.5. The van der Waals surface area contributed by atoms with Crippen LogP contribution in [0.1, 0.15) is 23.0 Å². The number of rotatable bonds is 6. The van der Waals surface area contributed by atoms with Crippen LogP contribution in [0, 0.1) is 0 Å². The van der Waals surface area contributed by atoms with E-state index < -0.39 is 32.2 Å². The van der Waals surface area contributed by atoms with Gasteiger partial charge in [0.15, 0.2) is 12.4 Å². The molecule has 4 atom stereocenters. The van der Waals surface area contributed by atoms with Gasteiger partial charge in [-0.05, 0) is 6.07 Å². The van der Waals surface area contributed by atoms with Crippen LogP contribution in [0.15, 0.2) is 24.5 Å². The van der Waals surface area contributed by atoms with Crippen molar-refractivity contribution in [3.63, 3.8) is 0 Å². The lowest BCUT2D eigenvalue weighted by Gasteiger charge is -2.15. The number of hydrogen-bond donors (Lipinski definition) is 3. The smallest absolute Gasteiger partial charge is 0.390 e. The minimum atomic E-state index is -4.12. The Morgan fingerprint density at radius 3 is 3.00 bits per heavy atom. The fourth-order valence-corrected chi connectivity index (χ4v) is 2.53. The topological polar surface area (TPSA) is 132 Å². The summed E-state index contributed by atoms with van der Waals surface area (Å²) in [6.45, 7) is -0.296. The van der Waals surface area contributed by atoms with Gasteiger partial charge in [0.2, 0.25) is 0 Å². The second-order valence-corrected chi connectivity index (χ2v) is 6.34. The van der Waals surface area contributed by atoms with Gasteiger partial charge in [-0.15, -0.1) is 0 Å². The van der Waals surface area contributed by atoms with Gasteiger partial charge >= 0.3 is 7.82 Å². The molecule has 2 heterocycles. The third kappa shape index (κ3) is 4.10. The lowest BCUT2D eigenvalue weighted by Crippen LogP contribution is -2.40. The fourth-order valence-electron chi connectivity index (χ4n) is 2.09. The Morgan fingerprint density at radius 1 is 1.64 bits per heavy atom. The zero-order chi connectivity index (χ0) is 16.3. The number of hydrogen-bond acceptors (Lipinski definition) is 6. The van der Waals surface area contributed by atoms with Crippen LogP contribution in [-0.4, -0.2) is 41.8 Å². The van der Waals surface area contributed by atoms with Gasteiger partial charge in [-0.25, -0.2) is 4.57 Å². The maximum absolute atomic E-state index is 11.2. The molecule has 0 radical (unpaired) electrons. The standard InChI is InChI=1S/C12H17N2O7P/c1-19-22(17,18)20-7-10-9(15)5-11(21-10)14-4-2-3-8(6-14)12(13)16/h2-4,6,9-11,15H,5,7H2,1H3,(H2-,13,16,17,18)/p+1/t9-,10?,11?/m0/s1. The lowest BCUT2D eigenvalue weighted by molar-refractivity contribution is -0.759. The van der Waals surface area contributed by atoms with E-state index in [4.69, 9.17) is 19.9 Å². The van der Waals surface area contributed by atoms with Crippen LogP contribution < -0.4 is 10.3 Å². The number of nitrogens with zero attached hydrogens (tertiary/aromatic N) is 1. The maximum Gasteiger partial charge on any atom is 0.472 e. The average molecular weight is 333 g/mol. The summed E-state index contributed by atoms with van der Waals surface area (Å²) in [5.74, 6) is -0.575. The number of pyridine rings is 1. The van der Waals surface area contributed by atoms with Crippen molar-refractivity contribution in [1.82, 2.24) is 0 Å². The van der Waals surface area contributed by atoms with E-state index in [2.05, 4.69) is 4.52 Å².